The van der Waals surface area contributed by atoms with Crippen molar-refractivity contribution < 1.29 is 47.5 Å². The molecule has 12 heteroatoms. The third-order valence-electron chi connectivity index (χ3n) is 8.72. The standard InChI is InChI=1S/C44H76NO10P/c1-3-5-7-9-11-13-15-17-19-20-22-23-25-27-29-31-33-35-42(46)52-37-40(38-53-56(50,51)54-39-41(45)44(48)49)55-43(47)36-34-32-30-28-26-24-21-18-16-14-12-10-8-6-4-2/h7,9,13-16,19-20,23,25,40-41H,3-6,8,10-12,17-18,21-22,24,26-39,45H2,1-2H3,(H,48,49)(H,50,51)/b9-7+,15-13+,16-14+,20-19+,25-23+/t40-,41+/m1/s1. The molecule has 0 spiro atoms. The first-order valence-corrected chi connectivity index (χ1v) is 22.8. The minimum absolute atomic E-state index is 0.146. The topological polar surface area (TPSA) is 172 Å². The lowest BCUT2D eigenvalue weighted by atomic mass is 10.1. The largest absolute Gasteiger partial charge is 0.480 e. The van der Waals surface area contributed by atoms with Gasteiger partial charge in [-0.05, 0) is 77.0 Å². The van der Waals surface area contributed by atoms with Crippen LogP contribution in [-0.2, 0) is 37.5 Å². The van der Waals surface area contributed by atoms with Crippen LogP contribution in [0.3, 0.4) is 0 Å². The highest BCUT2D eigenvalue weighted by Crippen LogP contribution is 2.43. The second kappa shape index (κ2) is 39.0. The van der Waals surface area contributed by atoms with Gasteiger partial charge in [0, 0.05) is 12.8 Å². The number of rotatable bonds is 39. The Balaban J connectivity index is 4.45. The number of hydrogen-bond acceptors (Lipinski definition) is 9. The summed E-state index contributed by atoms with van der Waals surface area (Å²) in [5.41, 5.74) is 5.33. The molecule has 0 radical (unpaired) electrons. The molecule has 0 saturated heterocycles. The van der Waals surface area contributed by atoms with E-state index in [9.17, 15) is 23.8 Å². The summed E-state index contributed by atoms with van der Waals surface area (Å²) in [7, 11) is -4.73. The molecule has 0 aliphatic heterocycles. The van der Waals surface area contributed by atoms with Crippen LogP contribution >= 0.6 is 7.82 Å². The van der Waals surface area contributed by atoms with Crippen molar-refractivity contribution in [2.75, 3.05) is 19.8 Å². The highest BCUT2D eigenvalue weighted by Gasteiger charge is 2.28. The molecule has 11 nitrogen and oxygen atoms in total. The number of esters is 2. The summed E-state index contributed by atoms with van der Waals surface area (Å²) in [5.74, 6) is -2.43. The lowest BCUT2D eigenvalue weighted by molar-refractivity contribution is -0.161. The van der Waals surface area contributed by atoms with Crippen LogP contribution in [0, 0.1) is 0 Å². The van der Waals surface area contributed by atoms with E-state index in [4.69, 9.17) is 24.8 Å². The molecule has 0 amide bonds. The zero-order valence-corrected chi connectivity index (χ0v) is 35.6. The summed E-state index contributed by atoms with van der Waals surface area (Å²) in [4.78, 5) is 45.9. The molecule has 0 heterocycles. The van der Waals surface area contributed by atoms with E-state index in [1.165, 1.54) is 51.4 Å². The van der Waals surface area contributed by atoms with Gasteiger partial charge in [0.25, 0.3) is 0 Å². The summed E-state index contributed by atoms with van der Waals surface area (Å²) in [5, 5.41) is 8.88. The predicted octanol–water partition coefficient (Wildman–Crippen LogP) is 11.2. The minimum atomic E-state index is -4.73. The third-order valence-corrected chi connectivity index (χ3v) is 9.67. The fourth-order valence-corrected chi connectivity index (χ4v) is 6.12. The number of allylic oxidation sites excluding steroid dienone is 10. The Kier molecular flexibility index (Phi) is 37.1. The van der Waals surface area contributed by atoms with Gasteiger partial charge in [-0.25, -0.2) is 4.57 Å². The van der Waals surface area contributed by atoms with E-state index in [0.29, 0.717) is 12.8 Å². The molecule has 0 aromatic carbocycles. The Morgan fingerprint density at radius 1 is 0.554 bits per heavy atom. The van der Waals surface area contributed by atoms with Gasteiger partial charge in [-0.15, -0.1) is 0 Å². The number of carbonyl (C=O) groups is 3. The summed E-state index contributed by atoms with van der Waals surface area (Å²) in [6.45, 7) is 2.67. The molecule has 0 fully saturated rings. The summed E-state index contributed by atoms with van der Waals surface area (Å²) in [6, 6.07) is -1.53. The van der Waals surface area contributed by atoms with Crippen LogP contribution < -0.4 is 5.73 Å². The van der Waals surface area contributed by atoms with E-state index >= 15 is 0 Å². The SMILES string of the molecule is CCC/C=C/C/C=C/C/C=C/C/C=C/CCCCCC(=O)OC[C@H](COP(=O)(O)OC[C@H](N)C(=O)O)OC(=O)CCCCCCCCC/C=C/CCCCCC. The van der Waals surface area contributed by atoms with Gasteiger partial charge >= 0.3 is 25.7 Å². The second-order valence-electron chi connectivity index (χ2n) is 14.1. The molecule has 4 N–H and O–H groups in total. The maximum Gasteiger partial charge on any atom is 0.472 e. The fraction of sp³-hybridized carbons (Fsp3) is 0.705. The van der Waals surface area contributed by atoms with E-state index in [2.05, 4.69) is 79.1 Å². The van der Waals surface area contributed by atoms with Crippen LogP contribution in [0.2, 0.25) is 0 Å². The Morgan fingerprint density at radius 2 is 0.982 bits per heavy atom. The number of carbonyl (C=O) groups excluding carboxylic acids is 2. The summed E-state index contributed by atoms with van der Waals surface area (Å²) >= 11 is 0. The molecule has 0 saturated carbocycles. The molecule has 3 atom stereocenters. The van der Waals surface area contributed by atoms with Gasteiger partial charge in [0.1, 0.15) is 12.6 Å². The second-order valence-corrected chi connectivity index (χ2v) is 15.6. The highest BCUT2D eigenvalue weighted by molar-refractivity contribution is 7.47. The Hall–Kier alpha value is -2.82. The molecular formula is C44H76NO10P. The van der Waals surface area contributed by atoms with Gasteiger partial charge in [-0.1, -0.05) is 139 Å². The van der Waals surface area contributed by atoms with Crippen molar-refractivity contribution in [3.8, 4) is 0 Å². The Morgan fingerprint density at radius 3 is 1.52 bits per heavy atom. The molecule has 56 heavy (non-hydrogen) atoms. The highest BCUT2D eigenvalue weighted by atomic mass is 31.2. The molecular weight excluding hydrogens is 733 g/mol. The summed E-state index contributed by atoms with van der Waals surface area (Å²) < 4.78 is 32.6. The van der Waals surface area contributed by atoms with Crippen molar-refractivity contribution in [2.24, 2.45) is 5.73 Å². The van der Waals surface area contributed by atoms with Crippen LogP contribution in [0.15, 0.2) is 60.8 Å². The van der Waals surface area contributed by atoms with E-state index in [-0.39, 0.29) is 19.4 Å². The molecule has 0 aliphatic rings. The normalized spacial score (nSPS) is 14.4. The Labute approximate surface area is 338 Å². The molecule has 322 valence electrons. The van der Waals surface area contributed by atoms with E-state index in [1.807, 2.05) is 0 Å². The van der Waals surface area contributed by atoms with Gasteiger partial charge in [0.05, 0.1) is 13.2 Å². The Bertz CT molecular complexity index is 1180. The van der Waals surface area contributed by atoms with Crippen LogP contribution in [0.1, 0.15) is 168 Å². The van der Waals surface area contributed by atoms with Crippen molar-refractivity contribution in [1.82, 2.24) is 0 Å². The van der Waals surface area contributed by atoms with Crippen LogP contribution in [-0.4, -0.2) is 59.9 Å². The maximum atomic E-state index is 12.6. The smallest absolute Gasteiger partial charge is 0.472 e. The molecule has 0 aliphatic carbocycles. The number of carboxylic acids is 1. The van der Waals surface area contributed by atoms with E-state index in [0.717, 1.165) is 77.0 Å². The average Bonchev–Trinajstić information content (AvgIpc) is 3.17. The first-order chi connectivity index (χ1) is 27.1. The first kappa shape index (κ1) is 53.2. The van der Waals surface area contributed by atoms with Gasteiger partial charge < -0.3 is 25.2 Å². The first-order valence-electron chi connectivity index (χ1n) is 21.3. The number of nitrogens with two attached hydrogens (primary N) is 1. The number of carboxylic acid groups (broad SMARTS) is 1. The number of ether oxygens (including phenoxy) is 2. The van der Waals surface area contributed by atoms with Gasteiger partial charge in [0.15, 0.2) is 6.10 Å². The van der Waals surface area contributed by atoms with E-state index < -0.39 is 51.1 Å². The number of hydrogen-bond donors (Lipinski definition) is 3. The van der Waals surface area contributed by atoms with Gasteiger partial charge in [-0.3, -0.25) is 23.4 Å². The predicted molar refractivity (Wildman–Crippen MR) is 226 cm³/mol. The monoisotopic (exact) mass is 810 g/mol. The van der Waals surface area contributed by atoms with Crippen molar-refractivity contribution in [1.29, 1.82) is 0 Å². The van der Waals surface area contributed by atoms with Gasteiger partial charge in [-0.2, -0.15) is 0 Å². The molecule has 0 rings (SSSR count). The maximum absolute atomic E-state index is 12.6. The summed E-state index contributed by atoms with van der Waals surface area (Å²) in [6.07, 6.45) is 44.2. The average molecular weight is 810 g/mol. The quantitative estimate of drug-likeness (QED) is 0.0233. The van der Waals surface area contributed by atoms with Crippen LogP contribution in [0.25, 0.3) is 0 Å². The number of unbranched alkanes of at least 4 members (excludes halogenated alkanes) is 15. The third kappa shape index (κ3) is 38.1. The molecule has 0 aromatic heterocycles. The number of aliphatic carboxylic acids is 1. The van der Waals surface area contributed by atoms with Crippen LogP contribution in [0.4, 0.5) is 0 Å². The van der Waals surface area contributed by atoms with Crippen molar-refractivity contribution in [3.63, 3.8) is 0 Å². The van der Waals surface area contributed by atoms with Gasteiger partial charge in [0.2, 0.25) is 0 Å². The van der Waals surface area contributed by atoms with Crippen molar-refractivity contribution in [2.45, 2.75) is 180 Å². The zero-order valence-electron chi connectivity index (χ0n) is 34.7. The van der Waals surface area contributed by atoms with E-state index in [1.54, 1.807) is 0 Å². The lowest BCUT2D eigenvalue weighted by Gasteiger charge is -2.20. The number of phosphoric acid groups is 1. The van der Waals surface area contributed by atoms with Crippen molar-refractivity contribution in [3.05, 3.63) is 60.8 Å². The van der Waals surface area contributed by atoms with Crippen molar-refractivity contribution >= 4 is 25.7 Å². The fourth-order valence-electron chi connectivity index (χ4n) is 5.34. The van der Waals surface area contributed by atoms with Crippen LogP contribution in [0.5, 0.6) is 0 Å². The minimum Gasteiger partial charge on any atom is -0.480 e. The molecule has 0 aromatic rings. The zero-order chi connectivity index (χ0) is 41.4. The molecule has 1 unspecified atom stereocenters. The molecule has 0 bridgehead atoms. The number of phosphoric ester groups is 1. The lowest BCUT2D eigenvalue weighted by Crippen LogP contribution is -2.34.